The fraction of sp³-hybridized carbons (Fsp3) is 0.600. The summed E-state index contributed by atoms with van der Waals surface area (Å²) >= 11 is 0. The van der Waals surface area contributed by atoms with E-state index in [4.69, 9.17) is 16.2 Å². The highest BCUT2D eigenvalue weighted by Crippen LogP contribution is 1.85. The van der Waals surface area contributed by atoms with Crippen molar-refractivity contribution in [2.75, 3.05) is 13.7 Å². The molecule has 0 unspecified atom stereocenters. The van der Waals surface area contributed by atoms with Crippen LogP contribution in [-0.4, -0.2) is 19.8 Å². The van der Waals surface area contributed by atoms with Crippen LogP contribution in [0.5, 0.6) is 0 Å². The summed E-state index contributed by atoms with van der Waals surface area (Å²) in [5.41, 5.74) is 11.1. The minimum atomic E-state index is -0.222. The Bertz CT molecular complexity index is 82.5. The highest BCUT2D eigenvalue weighted by atomic mass is 16.5. The van der Waals surface area contributed by atoms with Crippen molar-refractivity contribution in [3.63, 3.8) is 0 Å². The van der Waals surface area contributed by atoms with Crippen molar-refractivity contribution in [3.8, 4) is 0 Å². The molecule has 4 N–H and O–H groups in total. The molecule has 3 heteroatoms. The summed E-state index contributed by atoms with van der Waals surface area (Å²) in [7, 11) is 1.57. The van der Waals surface area contributed by atoms with E-state index in [9.17, 15) is 0 Å². The fourth-order valence-electron chi connectivity index (χ4n) is 0.287. The maximum absolute atomic E-state index is 5.38. The van der Waals surface area contributed by atoms with Crippen LogP contribution in [-0.2, 0) is 4.74 Å². The van der Waals surface area contributed by atoms with Crippen LogP contribution < -0.4 is 11.5 Å². The zero-order valence-electron chi connectivity index (χ0n) is 5.05. The van der Waals surface area contributed by atoms with Gasteiger partial charge in [-0.05, 0) is 0 Å². The topological polar surface area (TPSA) is 61.3 Å². The summed E-state index contributed by atoms with van der Waals surface area (Å²) in [6.07, 6.45) is 0. The summed E-state index contributed by atoms with van der Waals surface area (Å²) < 4.78 is 4.70. The standard InChI is InChI=1S/C5H12N2O/c1-4(6)5(7)3-8-2/h5H,1,3,6-7H2,2H3/t5-/m1/s1. The monoisotopic (exact) mass is 116 g/mol. The maximum atomic E-state index is 5.38. The molecule has 0 amide bonds. The second-order valence-electron chi connectivity index (χ2n) is 1.64. The molecule has 0 aliphatic carbocycles. The van der Waals surface area contributed by atoms with E-state index in [1.54, 1.807) is 7.11 Å². The molecule has 0 spiro atoms. The number of hydrogen-bond donors (Lipinski definition) is 2. The fourth-order valence-corrected chi connectivity index (χ4v) is 0.287. The van der Waals surface area contributed by atoms with E-state index in [1.807, 2.05) is 0 Å². The van der Waals surface area contributed by atoms with Gasteiger partial charge in [0.25, 0.3) is 0 Å². The van der Waals surface area contributed by atoms with Gasteiger partial charge in [0.05, 0.1) is 12.6 Å². The molecular formula is C5H12N2O. The third-order valence-corrected chi connectivity index (χ3v) is 0.822. The van der Waals surface area contributed by atoms with Crippen LogP contribution in [0.15, 0.2) is 12.3 Å². The summed E-state index contributed by atoms with van der Waals surface area (Å²) in [5.74, 6) is 0. The van der Waals surface area contributed by atoms with Gasteiger partial charge in [-0.2, -0.15) is 0 Å². The third kappa shape index (κ3) is 2.60. The van der Waals surface area contributed by atoms with Crippen molar-refractivity contribution < 1.29 is 4.74 Å². The van der Waals surface area contributed by atoms with E-state index in [-0.39, 0.29) is 6.04 Å². The molecule has 0 saturated carbocycles. The third-order valence-electron chi connectivity index (χ3n) is 0.822. The molecule has 0 fully saturated rings. The lowest BCUT2D eigenvalue weighted by molar-refractivity contribution is 0.189. The van der Waals surface area contributed by atoms with Crippen LogP contribution >= 0.6 is 0 Å². The smallest absolute Gasteiger partial charge is 0.0673 e. The van der Waals surface area contributed by atoms with E-state index in [0.717, 1.165) is 0 Å². The summed E-state index contributed by atoms with van der Waals surface area (Å²) in [4.78, 5) is 0. The quantitative estimate of drug-likeness (QED) is 0.519. The van der Waals surface area contributed by atoms with Gasteiger partial charge < -0.3 is 16.2 Å². The zero-order valence-corrected chi connectivity index (χ0v) is 5.05. The average molecular weight is 116 g/mol. The number of ether oxygens (including phenoxy) is 1. The summed E-state index contributed by atoms with van der Waals surface area (Å²) in [6.45, 7) is 3.89. The molecule has 0 radical (unpaired) electrons. The first-order valence-corrected chi connectivity index (χ1v) is 2.37. The first-order chi connectivity index (χ1) is 3.68. The molecule has 0 bridgehead atoms. The highest BCUT2D eigenvalue weighted by Gasteiger charge is 1.99. The molecule has 8 heavy (non-hydrogen) atoms. The summed E-state index contributed by atoms with van der Waals surface area (Å²) in [5, 5.41) is 0. The Labute approximate surface area is 49.3 Å². The van der Waals surface area contributed by atoms with Crippen LogP contribution in [0.25, 0.3) is 0 Å². The summed E-state index contributed by atoms with van der Waals surface area (Å²) in [6, 6.07) is -0.222. The lowest BCUT2D eigenvalue weighted by atomic mass is 10.3. The highest BCUT2D eigenvalue weighted by molar-refractivity contribution is 4.97. The van der Waals surface area contributed by atoms with Gasteiger partial charge in [0.1, 0.15) is 0 Å². The Kier molecular flexibility index (Phi) is 3.23. The van der Waals surface area contributed by atoms with Crippen molar-refractivity contribution in [1.82, 2.24) is 0 Å². The van der Waals surface area contributed by atoms with Gasteiger partial charge in [-0.1, -0.05) is 6.58 Å². The van der Waals surface area contributed by atoms with Gasteiger partial charge in [-0.3, -0.25) is 0 Å². The largest absolute Gasteiger partial charge is 0.401 e. The molecule has 0 heterocycles. The van der Waals surface area contributed by atoms with Crippen LogP contribution in [0.2, 0.25) is 0 Å². The number of hydrogen-bond acceptors (Lipinski definition) is 3. The van der Waals surface area contributed by atoms with E-state index < -0.39 is 0 Å². The molecule has 0 aromatic rings. The SMILES string of the molecule is C=C(N)[C@H](N)COC. The molecule has 0 aromatic carbocycles. The molecular weight excluding hydrogens is 104 g/mol. The maximum Gasteiger partial charge on any atom is 0.0673 e. The van der Waals surface area contributed by atoms with Crippen LogP contribution in [0, 0.1) is 0 Å². The van der Waals surface area contributed by atoms with Crippen molar-refractivity contribution in [3.05, 3.63) is 12.3 Å². The van der Waals surface area contributed by atoms with Gasteiger partial charge in [0, 0.05) is 12.8 Å². The van der Waals surface area contributed by atoms with Crippen molar-refractivity contribution in [1.29, 1.82) is 0 Å². The van der Waals surface area contributed by atoms with Gasteiger partial charge in [0.15, 0.2) is 0 Å². The molecule has 1 atom stereocenters. The molecule has 0 rings (SSSR count). The minimum absolute atomic E-state index is 0.222. The van der Waals surface area contributed by atoms with Crippen LogP contribution in [0.3, 0.4) is 0 Å². The normalized spacial score (nSPS) is 13.2. The van der Waals surface area contributed by atoms with Crippen molar-refractivity contribution in [2.24, 2.45) is 11.5 Å². The van der Waals surface area contributed by atoms with Gasteiger partial charge in [0.2, 0.25) is 0 Å². The van der Waals surface area contributed by atoms with Gasteiger partial charge in [-0.15, -0.1) is 0 Å². The zero-order chi connectivity index (χ0) is 6.57. The Balaban J connectivity index is 3.32. The molecule has 0 aliphatic rings. The lowest BCUT2D eigenvalue weighted by Gasteiger charge is -2.07. The van der Waals surface area contributed by atoms with Crippen LogP contribution in [0.1, 0.15) is 0 Å². The molecule has 3 nitrogen and oxygen atoms in total. The average Bonchev–Trinajstić information content (AvgIpc) is 1.67. The van der Waals surface area contributed by atoms with Crippen molar-refractivity contribution >= 4 is 0 Å². The van der Waals surface area contributed by atoms with E-state index in [0.29, 0.717) is 12.3 Å². The number of nitrogens with two attached hydrogens (primary N) is 2. The lowest BCUT2D eigenvalue weighted by Crippen LogP contribution is -2.31. The number of rotatable bonds is 3. The molecule has 0 aliphatic heterocycles. The van der Waals surface area contributed by atoms with Gasteiger partial charge >= 0.3 is 0 Å². The minimum Gasteiger partial charge on any atom is -0.401 e. The predicted molar refractivity (Wildman–Crippen MR) is 33.2 cm³/mol. The number of methoxy groups -OCH3 is 1. The van der Waals surface area contributed by atoms with E-state index in [2.05, 4.69) is 6.58 Å². The second kappa shape index (κ2) is 3.46. The van der Waals surface area contributed by atoms with Crippen molar-refractivity contribution in [2.45, 2.75) is 6.04 Å². The first-order valence-electron chi connectivity index (χ1n) is 2.37. The Morgan fingerprint density at radius 1 is 1.88 bits per heavy atom. The van der Waals surface area contributed by atoms with Crippen LogP contribution in [0.4, 0.5) is 0 Å². The van der Waals surface area contributed by atoms with Gasteiger partial charge in [-0.25, -0.2) is 0 Å². The molecule has 0 aromatic heterocycles. The molecule has 48 valence electrons. The second-order valence-corrected chi connectivity index (χ2v) is 1.64. The Morgan fingerprint density at radius 2 is 2.38 bits per heavy atom. The van der Waals surface area contributed by atoms with E-state index >= 15 is 0 Å². The molecule has 0 saturated heterocycles. The Hall–Kier alpha value is -0.540. The predicted octanol–water partition coefficient (Wildman–Crippen LogP) is -0.567. The van der Waals surface area contributed by atoms with E-state index in [1.165, 1.54) is 0 Å². The Morgan fingerprint density at radius 3 is 2.50 bits per heavy atom. The first kappa shape index (κ1) is 7.46.